The van der Waals surface area contributed by atoms with Crippen molar-refractivity contribution in [3.8, 4) is 23.3 Å². The molecule has 3 rings (SSSR count). The molecule has 2 aromatic rings. The number of likely N-dealkylation sites (tertiary alicyclic amines) is 1. The second kappa shape index (κ2) is 9.07. The third-order valence-corrected chi connectivity index (χ3v) is 4.24. The summed E-state index contributed by atoms with van der Waals surface area (Å²) in [6.45, 7) is 1.11. The Kier molecular flexibility index (Phi) is 6.30. The minimum absolute atomic E-state index is 0.0495. The number of carbonyl (C=O) groups excluding carboxylic acids is 1. The number of hydrogen-bond donors (Lipinski definition) is 0. The largest absolute Gasteiger partial charge is 0.493 e. The first-order valence-electron chi connectivity index (χ1n) is 8.76. The summed E-state index contributed by atoms with van der Waals surface area (Å²) < 4.78 is 21.8. The van der Waals surface area contributed by atoms with E-state index in [0.717, 1.165) is 12.8 Å². The normalized spacial score (nSPS) is 16.5. The standard InChI is InChI=1S/C19H23N3O5/c1-24-15-7-3-4-8-16(15)26-13-19(23)22-9-5-6-14(12-22)27-18-11-20-10-17(21-18)25-2/h3-4,7-8,10-11,14H,5-6,9,12-13H2,1-2H3. The molecule has 1 unspecified atom stereocenters. The summed E-state index contributed by atoms with van der Waals surface area (Å²) in [6.07, 6.45) is 4.60. The van der Waals surface area contributed by atoms with Gasteiger partial charge in [0, 0.05) is 6.54 Å². The topological polar surface area (TPSA) is 83.0 Å². The molecule has 27 heavy (non-hydrogen) atoms. The number of rotatable bonds is 7. The highest BCUT2D eigenvalue weighted by Gasteiger charge is 2.26. The molecule has 2 heterocycles. The van der Waals surface area contributed by atoms with Crippen LogP contribution in [-0.2, 0) is 4.79 Å². The minimum atomic E-state index is -0.143. The highest BCUT2D eigenvalue weighted by Crippen LogP contribution is 2.26. The number of piperidine rings is 1. The molecule has 1 saturated heterocycles. The van der Waals surface area contributed by atoms with Crippen LogP contribution in [0.4, 0.5) is 0 Å². The van der Waals surface area contributed by atoms with Gasteiger partial charge in [-0.15, -0.1) is 0 Å². The number of amides is 1. The molecule has 8 heteroatoms. The number of nitrogens with zero attached hydrogens (tertiary/aromatic N) is 3. The molecule has 8 nitrogen and oxygen atoms in total. The molecule has 1 aliphatic heterocycles. The third kappa shape index (κ3) is 4.99. The van der Waals surface area contributed by atoms with E-state index in [1.807, 2.05) is 12.1 Å². The van der Waals surface area contributed by atoms with Gasteiger partial charge in [-0.3, -0.25) is 9.78 Å². The van der Waals surface area contributed by atoms with Crippen molar-refractivity contribution >= 4 is 5.91 Å². The Bertz CT molecular complexity index is 771. The molecule has 1 fully saturated rings. The average Bonchev–Trinajstić information content (AvgIpc) is 2.72. The molecule has 1 aliphatic rings. The second-order valence-electron chi connectivity index (χ2n) is 6.06. The number of hydrogen-bond acceptors (Lipinski definition) is 7. The van der Waals surface area contributed by atoms with Gasteiger partial charge in [-0.1, -0.05) is 12.1 Å². The van der Waals surface area contributed by atoms with Crippen LogP contribution in [-0.4, -0.2) is 60.8 Å². The lowest BCUT2D eigenvalue weighted by molar-refractivity contribution is -0.136. The summed E-state index contributed by atoms with van der Waals surface area (Å²) in [6, 6.07) is 7.25. The number of methoxy groups -OCH3 is 2. The number of benzene rings is 1. The van der Waals surface area contributed by atoms with Gasteiger partial charge in [0.25, 0.3) is 5.91 Å². The molecule has 1 atom stereocenters. The fourth-order valence-corrected chi connectivity index (χ4v) is 2.89. The van der Waals surface area contributed by atoms with Crippen LogP contribution in [0.3, 0.4) is 0 Å². The van der Waals surface area contributed by atoms with E-state index in [0.29, 0.717) is 36.3 Å². The monoisotopic (exact) mass is 373 g/mol. The molecule has 0 bridgehead atoms. The van der Waals surface area contributed by atoms with Gasteiger partial charge in [0.15, 0.2) is 18.1 Å². The molecular formula is C19H23N3O5. The molecular weight excluding hydrogens is 350 g/mol. The summed E-state index contributed by atoms with van der Waals surface area (Å²) in [7, 11) is 3.09. The lowest BCUT2D eigenvalue weighted by atomic mass is 10.1. The first-order chi connectivity index (χ1) is 13.2. The van der Waals surface area contributed by atoms with Crippen LogP contribution in [0.1, 0.15) is 12.8 Å². The lowest BCUT2D eigenvalue weighted by Crippen LogP contribution is -2.46. The fourth-order valence-electron chi connectivity index (χ4n) is 2.89. The van der Waals surface area contributed by atoms with Gasteiger partial charge in [-0.2, -0.15) is 4.98 Å². The maximum Gasteiger partial charge on any atom is 0.260 e. The fraction of sp³-hybridized carbons (Fsp3) is 0.421. The van der Waals surface area contributed by atoms with Crippen LogP contribution in [0, 0.1) is 0 Å². The zero-order valence-corrected chi connectivity index (χ0v) is 15.5. The van der Waals surface area contributed by atoms with Crippen molar-refractivity contribution in [2.24, 2.45) is 0 Å². The Hall–Kier alpha value is -3.03. The van der Waals surface area contributed by atoms with Gasteiger partial charge in [-0.25, -0.2) is 0 Å². The number of aromatic nitrogens is 2. The Morgan fingerprint density at radius 2 is 1.93 bits per heavy atom. The lowest BCUT2D eigenvalue weighted by Gasteiger charge is -2.32. The highest BCUT2D eigenvalue weighted by atomic mass is 16.5. The summed E-state index contributed by atoms with van der Waals surface area (Å²) in [5.41, 5.74) is 0. The maximum atomic E-state index is 12.5. The quantitative estimate of drug-likeness (QED) is 0.733. The molecule has 1 aromatic carbocycles. The molecule has 0 N–H and O–H groups in total. The van der Waals surface area contributed by atoms with E-state index in [4.69, 9.17) is 18.9 Å². The molecule has 1 aromatic heterocycles. The van der Waals surface area contributed by atoms with Crippen LogP contribution in [0.15, 0.2) is 36.7 Å². The van der Waals surface area contributed by atoms with Crippen molar-refractivity contribution in [2.75, 3.05) is 33.9 Å². The van der Waals surface area contributed by atoms with Gasteiger partial charge >= 0.3 is 0 Å². The van der Waals surface area contributed by atoms with Gasteiger partial charge in [-0.05, 0) is 25.0 Å². The smallest absolute Gasteiger partial charge is 0.260 e. The van der Waals surface area contributed by atoms with Gasteiger partial charge in [0.1, 0.15) is 6.10 Å². The SMILES string of the molecule is COc1cncc(OC2CCCN(C(=O)COc3ccccc3OC)C2)n1. The Morgan fingerprint density at radius 3 is 2.70 bits per heavy atom. The third-order valence-electron chi connectivity index (χ3n) is 4.24. The summed E-state index contributed by atoms with van der Waals surface area (Å²) in [5, 5.41) is 0. The van der Waals surface area contributed by atoms with E-state index in [9.17, 15) is 4.79 Å². The van der Waals surface area contributed by atoms with Gasteiger partial charge in [0.05, 0.1) is 33.2 Å². The zero-order valence-electron chi connectivity index (χ0n) is 15.5. The first kappa shape index (κ1) is 18.8. The minimum Gasteiger partial charge on any atom is -0.493 e. The molecule has 0 saturated carbocycles. The predicted octanol–water partition coefficient (Wildman–Crippen LogP) is 1.94. The second-order valence-corrected chi connectivity index (χ2v) is 6.06. The van der Waals surface area contributed by atoms with E-state index < -0.39 is 0 Å². The summed E-state index contributed by atoms with van der Waals surface area (Å²) >= 11 is 0. The van der Waals surface area contributed by atoms with Crippen molar-refractivity contribution in [1.82, 2.24) is 14.9 Å². The summed E-state index contributed by atoms with van der Waals surface area (Å²) in [4.78, 5) is 22.5. The van der Waals surface area contributed by atoms with Crippen LogP contribution in [0.25, 0.3) is 0 Å². The van der Waals surface area contributed by atoms with Crippen LogP contribution in [0.5, 0.6) is 23.3 Å². The van der Waals surface area contributed by atoms with Crippen LogP contribution >= 0.6 is 0 Å². The highest BCUT2D eigenvalue weighted by molar-refractivity contribution is 5.78. The molecule has 0 radical (unpaired) electrons. The van der Waals surface area contributed by atoms with E-state index in [1.54, 1.807) is 24.1 Å². The Labute approximate surface area is 158 Å². The van der Waals surface area contributed by atoms with E-state index >= 15 is 0 Å². The van der Waals surface area contributed by atoms with Crippen molar-refractivity contribution in [3.05, 3.63) is 36.7 Å². The zero-order chi connectivity index (χ0) is 19.1. The molecule has 1 amide bonds. The van der Waals surface area contributed by atoms with E-state index in [2.05, 4.69) is 9.97 Å². The molecule has 144 valence electrons. The molecule has 0 aliphatic carbocycles. The Balaban J connectivity index is 1.54. The van der Waals surface area contributed by atoms with Crippen LogP contribution < -0.4 is 18.9 Å². The van der Waals surface area contributed by atoms with E-state index in [1.165, 1.54) is 19.5 Å². The Morgan fingerprint density at radius 1 is 1.15 bits per heavy atom. The van der Waals surface area contributed by atoms with Crippen molar-refractivity contribution in [2.45, 2.75) is 18.9 Å². The predicted molar refractivity (Wildman–Crippen MR) is 97.3 cm³/mol. The number of ether oxygens (including phenoxy) is 4. The van der Waals surface area contributed by atoms with Crippen molar-refractivity contribution < 1.29 is 23.7 Å². The number of carbonyl (C=O) groups is 1. The van der Waals surface area contributed by atoms with Gasteiger partial charge in [0.2, 0.25) is 11.8 Å². The van der Waals surface area contributed by atoms with Crippen molar-refractivity contribution in [1.29, 1.82) is 0 Å². The van der Waals surface area contributed by atoms with Crippen LogP contribution in [0.2, 0.25) is 0 Å². The number of para-hydroxylation sites is 2. The first-order valence-corrected chi connectivity index (χ1v) is 8.76. The van der Waals surface area contributed by atoms with Crippen molar-refractivity contribution in [3.63, 3.8) is 0 Å². The van der Waals surface area contributed by atoms with Gasteiger partial charge < -0.3 is 23.8 Å². The van der Waals surface area contributed by atoms with E-state index in [-0.39, 0.29) is 18.6 Å². The average molecular weight is 373 g/mol. The maximum absolute atomic E-state index is 12.5. The molecule has 0 spiro atoms. The summed E-state index contributed by atoms with van der Waals surface area (Å²) in [5.74, 6) is 1.83.